The summed E-state index contributed by atoms with van der Waals surface area (Å²) in [7, 11) is 0. The van der Waals surface area contributed by atoms with Gasteiger partial charge in [0, 0.05) is 0 Å². The minimum atomic E-state index is 0.431. The fourth-order valence-electron chi connectivity index (χ4n) is 2.22. The zero-order valence-corrected chi connectivity index (χ0v) is 7.69. The van der Waals surface area contributed by atoms with Gasteiger partial charge < -0.3 is 11.5 Å². The summed E-state index contributed by atoms with van der Waals surface area (Å²) in [6, 6.07) is 2.27. The molecule has 4 nitrogen and oxygen atoms in total. The first-order valence-electron chi connectivity index (χ1n) is 4.82. The lowest BCUT2D eigenvalue weighted by atomic mass is 10.0. The van der Waals surface area contributed by atoms with Crippen LogP contribution in [-0.2, 0) is 0 Å². The first kappa shape index (κ1) is 8.56. The van der Waals surface area contributed by atoms with E-state index in [1.54, 1.807) is 6.20 Å². The van der Waals surface area contributed by atoms with Crippen molar-refractivity contribution in [1.82, 2.24) is 9.78 Å². The zero-order valence-electron chi connectivity index (χ0n) is 7.69. The van der Waals surface area contributed by atoms with Gasteiger partial charge in [0.15, 0.2) is 0 Å². The van der Waals surface area contributed by atoms with Crippen molar-refractivity contribution in [3.05, 3.63) is 12.3 Å². The molecule has 0 aliphatic heterocycles. The molecule has 0 spiro atoms. The minimum Gasteiger partial charge on any atom is -0.384 e. The first-order chi connectivity index (χ1) is 6.33. The van der Waals surface area contributed by atoms with Gasteiger partial charge in [-0.3, -0.25) is 0 Å². The van der Waals surface area contributed by atoms with Gasteiger partial charge >= 0.3 is 0 Å². The van der Waals surface area contributed by atoms with E-state index in [0.29, 0.717) is 12.0 Å². The highest BCUT2D eigenvalue weighted by molar-refractivity contribution is 5.27. The summed E-state index contributed by atoms with van der Waals surface area (Å²) >= 11 is 0. The third kappa shape index (κ3) is 1.42. The van der Waals surface area contributed by atoms with E-state index in [1.165, 1.54) is 12.8 Å². The highest BCUT2D eigenvalue weighted by atomic mass is 15.3. The lowest BCUT2D eigenvalue weighted by molar-refractivity contribution is 0.362. The van der Waals surface area contributed by atoms with Crippen molar-refractivity contribution in [3.63, 3.8) is 0 Å². The van der Waals surface area contributed by atoms with Crippen molar-refractivity contribution >= 4 is 5.82 Å². The van der Waals surface area contributed by atoms with Gasteiger partial charge in [-0.2, -0.15) is 5.10 Å². The summed E-state index contributed by atoms with van der Waals surface area (Å²) in [6.07, 6.45) is 5.36. The molecule has 2 unspecified atom stereocenters. The van der Waals surface area contributed by atoms with E-state index in [1.807, 2.05) is 10.7 Å². The number of nitrogens with two attached hydrogens (primary N) is 2. The molecular formula is C9H16N4. The molecule has 0 bridgehead atoms. The normalized spacial score (nSPS) is 28.1. The Hall–Kier alpha value is -1.03. The Kier molecular flexibility index (Phi) is 2.22. The Morgan fingerprint density at radius 2 is 2.38 bits per heavy atom. The number of hydrogen-bond acceptors (Lipinski definition) is 3. The van der Waals surface area contributed by atoms with E-state index in [-0.39, 0.29) is 0 Å². The molecule has 1 fully saturated rings. The summed E-state index contributed by atoms with van der Waals surface area (Å²) < 4.78 is 1.92. The number of aromatic nitrogens is 2. The summed E-state index contributed by atoms with van der Waals surface area (Å²) in [5.41, 5.74) is 11.5. The summed E-state index contributed by atoms with van der Waals surface area (Å²) in [6.45, 7) is 0.740. The SMILES string of the molecule is NCC1CCCC1n1nccc1N. The van der Waals surface area contributed by atoms with E-state index in [0.717, 1.165) is 18.8 Å². The third-order valence-electron chi connectivity index (χ3n) is 2.94. The van der Waals surface area contributed by atoms with Gasteiger partial charge in [0.1, 0.15) is 5.82 Å². The molecule has 1 aromatic heterocycles. The van der Waals surface area contributed by atoms with Crippen molar-refractivity contribution in [2.24, 2.45) is 11.7 Å². The lowest BCUT2D eigenvalue weighted by Gasteiger charge is -2.19. The smallest absolute Gasteiger partial charge is 0.121 e. The molecule has 2 rings (SSSR count). The van der Waals surface area contributed by atoms with Crippen LogP contribution in [0.3, 0.4) is 0 Å². The van der Waals surface area contributed by atoms with Crippen LogP contribution in [0.4, 0.5) is 5.82 Å². The van der Waals surface area contributed by atoms with Crippen molar-refractivity contribution in [3.8, 4) is 0 Å². The van der Waals surface area contributed by atoms with E-state index >= 15 is 0 Å². The van der Waals surface area contributed by atoms with E-state index in [4.69, 9.17) is 11.5 Å². The van der Waals surface area contributed by atoms with Gasteiger partial charge in [-0.05, 0) is 31.4 Å². The molecule has 0 aromatic carbocycles. The fraction of sp³-hybridized carbons (Fsp3) is 0.667. The largest absolute Gasteiger partial charge is 0.384 e. The van der Waals surface area contributed by atoms with Crippen LogP contribution < -0.4 is 11.5 Å². The molecule has 4 heteroatoms. The molecule has 2 atom stereocenters. The quantitative estimate of drug-likeness (QED) is 0.706. The van der Waals surface area contributed by atoms with Crippen LogP contribution in [0.5, 0.6) is 0 Å². The monoisotopic (exact) mass is 180 g/mol. The number of rotatable bonds is 2. The number of nitrogens with zero attached hydrogens (tertiary/aromatic N) is 2. The van der Waals surface area contributed by atoms with Gasteiger partial charge in [0.05, 0.1) is 12.2 Å². The molecule has 72 valence electrons. The summed E-state index contributed by atoms with van der Waals surface area (Å²) in [5, 5.41) is 4.23. The van der Waals surface area contributed by atoms with Crippen LogP contribution in [-0.4, -0.2) is 16.3 Å². The standard InChI is InChI=1S/C9H16N4/c10-6-7-2-1-3-8(7)13-9(11)4-5-12-13/h4-5,7-8H,1-3,6,10-11H2. The minimum absolute atomic E-state index is 0.431. The zero-order chi connectivity index (χ0) is 9.26. The van der Waals surface area contributed by atoms with E-state index in [2.05, 4.69) is 5.10 Å². The predicted octanol–water partition coefficient (Wildman–Crippen LogP) is 0.765. The molecule has 1 heterocycles. The average Bonchev–Trinajstić information content (AvgIpc) is 2.71. The van der Waals surface area contributed by atoms with Gasteiger partial charge in [0.25, 0.3) is 0 Å². The van der Waals surface area contributed by atoms with Crippen LogP contribution >= 0.6 is 0 Å². The maximum absolute atomic E-state index is 5.80. The van der Waals surface area contributed by atoms with Gasteiger partial charge in [-0.15, -0.1) is 0 Å². The predicted molar refractivity (Wildman–Crippen MR) is 52.1 cm³/mol. The molecule has 13 heavy (non-hydrogen) atoms. The van der Waals surface area contributed by atoms with Crippen molar-refractivity contribution in [2.45, 2.75) is 25.3 Å². The number of nitrogen functional groups attached to an aromatic ring is 1. The second-order valence-electron chi connectivity index (χ2n) is 3.69. The third-order valence-corrected chi connectivity index (χ3v) is 2.94. The van der Waals surface area contributed by atoms with Crippen LogP contribution in [0, 0.1) is 5.92 Å². The first-order valence-corrected chi connectivity index (χ1v) is 4.82. The lowest BCUT2D eigenvalue weighted by Crippen LogP contribution is -2.23. The van der Waals surface area contributed by atoms with Gasteiger partial charge in [-0.25, -0.2) is 4.68 Å². The molecule has 0 saturated heterocycles. The summed E-state index contributed by atoms with van der Waals surface area (Å²) in [5.74, 6) is 1.31. The topological polar surface area (TPSA) is 69.9 Å². The van der Waals surface area contributed by atoms with Crippen LogP contribution in [0.15, 0.2) is 12.3 Å². The number of hydrogen-bond donors (Lipinski definition) is 2. The highest BCUT2D eigenvalue weighted by Crippen LogP contribution is 2.35. The molecule has 0 radical (unpaired) electrons. The number of anilines is 1. The average molecular weight is 180 g/mol. The van der Waals surface area contributed by atoms with E-state index < -0.39 is 0 Å². The van der Waals surface area contributed by atoms with Gasteiger partial charge in [0.2, 0.25) is 0 Å². The molecule has 4 N–H and O–H groups in total. The van der Waals surface area contributed by atoms with Crippen molar-refractivity contribution in [2.75, 3.05) is 12.3 Å². The molecular weight excluding hydrogens is 164 g/mol. The molecule has 0 amide bonds. The second-order valence-corrected chi connectivity index (χ2v) is 3.69. The molecule has 1 saturated carbocycles. The van der Waals surface area contributed by atoms with E-state index in [9.17, 15) is 0 Å². The maximum Gasteiger partial charge on any atom is 0.121 e. The molecule has 1 aliphatic carbocycles. The van der Waals surface area contributed by atoms with Crippen LogP contribution in [0.25, 0.3) is 0 Å². The molecule has 1 aromatic rings. The second kappa shape index (κ2) is 3.38. The van der Waals surface area contributed by atoms with Gasteiger partial charge in [-0.1, -0.05) is 6.42 Å². The van der Waals surface area contributed by atoms with Crippen molar-refractivity contribution in [1.29, 1.82) is 0 Å². The highest BCUT2D eigenvalue weighted by Gasteiger charge is 2.28. The maximum atomic E-state index is 5.80. The summed E-state index contributed by atoms with van der Waals surface area (Å²) in [4.78, 5) is 0. The fourth-order valence-corrected chi connectivity index (χ4v) is 2.22. The van der Waals surface area contributed by atoms with Crippen LogP contribution in [0.2, 0.25) is 0 Å². The molecule has 1 aliphatic rings. The Morgan fingerprint density at radius 1 is 1.54 bits per heavy atom. The van der Waals surface area contributed by atoms with Crippen molar-refractivity contribution < 1.29 is 0 Å². The Morgan fingerprint density at radius 3 is 3.00 bits per heavy atom. The Labute approximate surface area is 77.9 Å². The Balaban J connectivity index is 2.20. The Bertz CT molecular complexity index is 281. The van der Waals surface area contributed by atoms with Crippen LogP contribution in [0.1, 0.15) is 25.3 Å².